The SMILES string of the molecule is CCC1(CC)c2ccccc2-c2ccc(N(c3ccc4c(c3)C(C)(C)c3cc(N)ccc3-4)c3ccc4c(c3)C(CC)(CC)c3ccccc3-4)cc21. The van der Waals surface area contributed by atoms with Gasteiger partial charge in [0.15, 0.2) is 0 Å². The Kier molecular flexibility index (Phi) is 7.00. The van der Waals surface area contributed by atoms with Gasteiger partial charge in [0.05, 0.1) is 0 Å². The summed E-state index contributed by atoms with van der Waals surface area (Å²) < 4.78 is 0. The van der Waals surface area contributed by atoms with Crippen LogP contribution >= 0.6 is 0 Å². The van der Waals surface area contributed by atoms with Gasteiger partial charge >= 0.3 is 0 Å². The summed E-state index contributed by atoms with van der Waals surface area (Å²) >= 11 is 0. The molecule has 0 saturated heterocycles. The number of anilines is 4. The third-order valence-electron chi connectivity index (χ3n) is 13.4. The highest BCUT2D eigenvalue weighted by Crippen LogP contribution is 2.57. The molecule has 2 heteroatoms. The molecule has 51 heavy (non-hydrogen) atoms. The maximum atomic E-state index is 6.35. The lowest BCUT2D eigenvalue weighted by Gasteiger charge is -2.33. The molecule has 0 unspecified atom stereocenters. The van der Waals surface area contributed by atoms with Crippen LogP contribution < -0.4 is 10.6 Å². The highest BCUT2D eigenvalue weighted by molar-refractivity contribution is 5.90. The van der Waals surface area contributed by atoms with Crippen LogP contribution in [-0.4, -0.2) is 0 Å². The summed E-state index contributed by atoms with van der Waals surface area (Å²) in [5.74, 6) is 0. The quantitative estimate of drug-likeness (QED) is 0.172. The fourth-order valence-corrected chi connectivity index (χ4v) is 10.5. The molecule has 0 amide bonds. The molecule has 0 saturated carbocycles. The first kappa shape index (κ1) is 31.9. The van der Waals surface area contributed by atoms with Crippen LogP contribution in [0.3, 0.4) is 0 Å². The number of fused-ring (bicyclic) bond motifs is 9. The fraction of sp³-hybridized carbons (Fsp3) is 0.265. The lowest BCUT2D eigenvalue weighted by atomic mass is 9.73. The van der Waals surface area contributed by atoms with Gasteiger partial charge in [-0.3, -0.25) is 0 Å². The van der Waals surface area contributed by atoms with Crippen molar-refractivity contribution < 1.29 is 0 Å². The van der Waals surface area contributed by atoms with Gasteiger partial charge in [-0.15, -0.1) is 0 Å². The van der Waals surface area contributed by atoms with Crippen LogP contribution in [0, 0.1) is 0 Å². The van der Waals surface area contributed by atoms with Gasteiger partial charge in [-0.1, -0.05) is 114 Å². The van der Waals surface area contributed by atoms with Crippen LogP contribution in [0.4, 0.5) is 22.7 Å². The zero-order valence-corrected chi connectivity index (χ0v) is 30.9. The predicted octanol–water partition coefficient (Wildman–Crippen LogP) is 13.2. The van der Waals surface area contributed by atoms with Crippen molar-refractivity contribution in [1.82, 2.24) is 0 Å². The molecule has 3 aliphatic rings. The van der Waals surface area contributed by atoms with E-state index in [1.54, 1.807) is 0 Å². The van der Waals surface area contributed by atoms with E-state index in [0.717, 1.165) is 31.4 Å². The van der Waals surface area contributed by atoms with Gasteiger partial charge in [-0.05, 0) is 141 Å². The molecule has 2 N–H and O–H groups in total. The Morgan fingerprint density at radius 1 is 0.412 bits per heavy atom. The van der Waals surface area contributed by atoms with E-state index in [-0.39, 0.29) is 16.2 Å². The minimum absolute atomic E-state index is 0.00569. The number of nitrogen functional groups attached to an aromatic ring is 1. The molecule has 0 bridgehead atoms. The third kappa shape index (κ3) is 4.17. The van der Waals surface area contributed by atoms with Gasteiger partial charge in [0.25, 0.3) is 0 Å². The Bertz CT molecular complexity index is 2260. The largest absolute Gasteiger partial charge is 0.399 e. The smallest absolute Gasteiger partial charge is 0.0465 e. The van der Waals surface area contributed by atoms with E-state index in [1.807, 2.05) is 6.07 Å². The fourth-order valence-electron chi connectivity index (χ4n) is 10.5. The molecule has 0 spiro atoms. The molecule has 0 radical (unpaired) electrons. The maximum Gasteiger partial charge on any atom is 0.0465 e. The average molecular weight is 665 g/mol. The monoisotopic (exact) mass is 664 g/mol. The van der Waals surface area contributed by atoms with Gasteiger partial charge in [-0.2, -0.15) is 0 Å². The lowest BCUT2D eigenvalue weighted by molar-refractivity contribution is 0.490. The second-order valence-corrected chi connectivity index (χ2v) is 15.6. The topological polar surface area (TPSA) is 29.3 Å². The lowest BCUT2D eigenvalue weighted by Crippen LogP contribution is -2.24. The molecule has 2 nitrogen and oxygen atoms in total. The van der Waals surface area contributed by atoms with Crippen LogP contribution in [0.1, 0.15) is 101 Å². The summed E-state index contributed by atoms with van der Waals surface area (Å²) in [6.07, 6.45) is 4.27. The van der Waals surface area contributed by atoms with E-state index in [1.165, 1.54) is 83.8 Å². The van der Waals surface area contributed by atoms with Crippen molar-refractivity contribution in [1.29, 1.82) is 0 Å². The van der Waals surface area contributed by atoms with E-state index >= 15 is 0 Å². The second kappa shape index (κ2) is 11.2. The van der Waals surface area contributed by atoms with Gasteiger partial charge < -0.3 is 10.6 Å². The van der Waals surface area contributed by atoms with E-state index in [0.29, 0.717) is 0 Å². The molecular formula is C49H48N2. The first-order valence-electron chi connectivity index (χ1n) is 19.1. The number of rotatable bonds is 7. The molecule has 0 aliphatic heterocycles. The number of nitrogens with zero attached hydrogens (tertiary/aromatic N) is 1. The van der Waals surface area contributed by atoms with E-state index < -0.39 is 0 Å². The minimum atomic E-state index is -0.167. The molecule has 3 aliphatic carbocycles. The van der Waals surface area contributed by atoms with Crippen LogP contribution in [0.5, 0.6) is 0 Å². The molecule has 0 aromatic heterocycles. The van der Waals surface area contributed by atoms with Crippen molar-refractivity contribution >= 4 is 22.7 Å². The molecule has 6 aromatic rings. The molecule has 254 valence electrons. The number of benzene rings is 6. The van der Waals surface area contributed by atoms with Gasteiger partial charge in [0.2, 0.25) is 0 Å². The number of hydrogen-bond donors (Lipinski definition) is 1. The van der Waals surface area contributed by atoms with Crippen molar-refractivity contribution in [3.8, 4) is 33.4 Å². The Labute approximate surface area is 304 Å². The van der Waals surface area contributed by atoms with Crippen molar-refractivity contribution in [3.05, 3.63) is 155 Å². The zero-order chi connectivity index (χ0) is 35.3. The third-order valence-corrected chi connectivity index (χ3v) is 13.4. The van der Waals surface area contributed by atoms with Crippen molar-refractivity contribution in [2.45, 2.75) is 83.5 Å². The summed E-state index contributed by atoms with van der Waals surface area (Å²) in [5, 5.41) is 0. The van der Waals surface area contributed by atoms with Gasteiger partial charge in [0.1, 0.15) is 0 Å². The second-order valence-electron chi connectivity index (χ2n) is 15.6. The van der Waals surface area contributed by atoms with Gasteiger partial charge in [0, 0.05) is 39.0 Å². The Balaban J connectivity index is 1.28. The van der Waals surface area contributed by atoms with Crippen LogP contribution in [0.25, 0.3) is 33.4 Å². The normalized spacial score (nSPS) is 16.1. The van der Waals surface area contributed by atoms with Crippen molar-refractivity contribution in [3.63, 3.8) is 0 Å². The number of nitrogens with two attached hydrogens (primary N) is 1. The highest BCUT2D eigenvalue weighted by Gasteiger charge is 2.43. The Morgan fingerprint density at radius 3 is 1.22 bits per heavy atom. The minimum Gasteiger partial charge on any atom is -0.399 e. The van der Waals surface area contributed by atoms with E-state index in [9.17, 15) is 0 Å². The molecule has 0 atom stereocenters. The molecule has 6 aromatic carbocycles. The van der Waals surface area contributed by atoms with Gasteiger partial charge in [-0.25, -0.2) is 0 Å². The van der Waals surface area contributed by atoms with Crippen molar-refractivity contribution in [2.75, 3.05) is 10.6 Å². The van der Waals surface area contributed by atoms with E-state index in [4.69, 9.17) is 5.73 Å². The molecule has 0 fully saturated rings. The van der Waals surface area contributed by atoms with Crippen molar-refractivity contribution in [2.24, 2.45) is 0 Å². The zero-order valence-electron chi connectivity index (χ0n) is 30.9. The first-order valence-corrected chi connectivity index (χ1v) is 19.1. The summed E-state index contributed by atoms with van der Waals surface area (Å²) in [6, 6.07) is 46.3. The number of hydrogen-bond acceptors (Lipinski definition) is 2. The summed E-state index contributed by atoms with van der Waals surface area (Å²) in [4.78, 5) is 2.53. The molecular weight excluding hydrogens is 617 g/mol. The summed E-state index contributed by atoms with van der Waals surface area (Å²) in [7, 11) is 0. The maximum absolute atomic E-state index is 6.35. The van der Waals surface area contributed by atoms with E-state index in [2.05, 4.69) is 162 Å². The highest BCUT2D eigenvalue weighted by atomic mass is 15.1. The van der Waals surface area contributed by atoms with Crippen LogP contribution in [0.2, 0.25) is 0 Å². The average Bonchev–Trinajstić information content (AvgIpc) is 3.70. The molecule has 0 heterocycles. The Hall–Kier alpha value is -5.08. The molecule has 9 rings (SSSR count). The van der Waals surface area contributed by atoms with Crippen LogP contribution in [0.15, 0.2) is 121 Å². The van der Waals surface area contributed by atoms with Crippen LogP contribution in [-0.2, 0) is 16.2 Å². The Morgan fingerprint density at radius 2 is 0.765 bits per heavy atom. The first-order chi connectivity index (χ1) is 24.7. The predicted molar refractivity (Wildman–Crippen MR) is 217 cm³/mol. The summed E-state index contributed by atoms with van der Waals surface area (Å²) in [6.45, 7) is 14.1. The summed E-state index contributed by atoms with van der Waals surface area (Å²) in [5.41, 5.74) is 27.2. The standard InChI is InChI=1S/C49H48N2/c1-7-48(8-2)41-17-13-11-15-35(41)39-25-21-33(29-45(39)48)51(32-20-24-38-37-23-19-31(50)27-43(37)47(5,6)44(38)28-32)34-22-26-40-36-16-12-14-18-42(36)49(9-3,10-4)46(40)30-34/h11-30H,7-10,50H2,1-6H3.